The van der Waals surface area contributed by atoms with Gasteiger partial charge in [-0.1, -0.05) is 27.2 Å². The summed E-state index contributed by atoms with van der Waals surface area (Å²) < 4.78 is 0. The molecule has 0 bridgehead atoms. The van der Waals surface area contributed by atoms with Crippen LogP contribution in [0.5, 0.6) is 0 Å². The van der Waals surface area contributed by atoms with Crippen molar-refractivity contribution in [2.45, 2.75) is 52.5 Å². The molecule has 0 amide bonds. The van der Waals surface area contributed by atoms with Crippen molar-refractivity contribution in [1.29, 1.82) is 0 Å². The Morgan fingerprint density at radius 1 is 1.21 bits per heavy atom. The first-order valence-corrected chi connectivity index (χ1v) is 5.95. The molecule has 2 nitrogen and oxygen atoms in total. The van der Waals surface area contributed by atoms with Gasteiger partial charge in [-0.3, -0.25) is 0 Å². The maximum atomic E-state index is 7.88. The SMILES string of the molecule is CCCO.CNC1C(C)CCCC1C. The number of aliphatic hydroxyl groups is 1. The summed E-state index contributed by atoms with van der Waals surface area (Å²) in [6.07, 6.45) is 5.13. The minimum atomic E-state index is 0.319. The molecule has 86 valence electrons. The highest BCUT2D eigenvalue weighted by molar-refractivity contribution is 4.81. The molecule has 2 unspecified atom stereocenters. The molecule has 1 fully saturated rings. The fourth-order valence-corrected chi connectivity index (χ4v) is 2.25. The monoisotopic (exact) mass is 201 g/mol. The molecule has 0 heterocycles. The van der Waals surface area contributed by atoms with Gasteiger partial charge in [0.05, 0.1) is 0 Å². The van der Waals surface area contributed by atoms with Crippen LogP contribution in [0.25, 0.3) is 0 Å². The molecule has 0 spiro atoms. The zero-order valence-electron chi connectivity index (χ0n) is 10.2. The molecule has 14 heavy (non-hydrogen) atoms. The summed E-state index contributed by atoms with van der Waals surface area (Å²) in [6.45, 7) is 6.97. The largest absolute Gasteiger partial charge is 0.396 e. The quantitative estimate of drug-likeness (QED) is 0.719. The van der Waals surface area contributed by atoms with Crippen molar-refractivity contribution in [2.75, 3.05) is 13.7 Å². The molecule has 0 aromatic carbocycles. The Morgan fingerprint density at radius 3 is 1.86 bits per heavy atom. The van der Waals surface area contributed by atoms with E-state index in [1.165, 1.54) is 19.3 Å². The van der Waals surface area contributed by atoms with E-state index in [1.54, 1.807) is 0 Å². The van der Waals surface area contributed by atoms with E-state index in [1.807, 2.05) is 6.92 Å². The number of hydrogen-bond donors (Lipinski definition) is 2. The van der Waals surface area contributed by atoms with E-state index in [-0.39, 0.29) is 0 Å². The number of rotatable bonds is 2. The third-order valence-electron chi connectivity index (χ3n) is 3.10. The first-order chi connectivity index (χ1) is 6.67. The van der Waals surface area contributed by atoms with Crippen LogP contribution in [-0.4, -0.2) is 24.8 Å². The van der Waals surface area contributed by atoms with E-state index < -0.39 is 0 Å². The standard InChI is InChI=1S/C9H19N.C3H8O/c1-7-5-4-6-8(2)9(7)10-3;1-2-3-4/h7-10H,4-6H2,1-3H3;4H,2-3H2,1H3. The van der Waals surface area contributed by atoms with E-state index in [0.29, 0.717) is 6.61 Å². The Labute approximate surface area is 89.1 Å². The van der Waals surface area contributed by atoms with Gasteiger partial charge < -0.3 is 10.4 Å². The fourth-order valence-electron chi connectivity index (χ4n) is 2.25. The van der Waals surface area contributed by atoms with Crippen LogP contribution in [0.3, 0.4) is 0 Å². The predicted octanol–water partition coefficient (Wildman–Crippen LogP) is 2.42. The second-order valence-corrected chi connectivity index (χ2v) is 4.42. The van der Waals surface area contributed by atoms with Gasteiger partial charge in [-0.25, -0.2) is 0 Å². The Hall–Kier alpha value is -0.0800. The molecular weight excluding hydrogens is 174 g/mol. The molecule has 2 N–H and O–H groups in total. The van der Waals surface area contributed by atoms with Crippen molar-refractivity contribution in [3.05, 3.63) is 0 Å². The van der Waals surface area contributed by atoms with Crippen molar-refractivity contribution in [3.8, 4) is 0 Å². The smallest absolute Gasteiger partial charge is 0.0428 e. The highest BCUT2D eigenvalue weighted by Crippen LogP contribution is 2.28. The molecule has 1 saturated carbocycles. The van der Waals surface area contributed by atoms with Crippen LogP contribution in [0.15, 0.2) is 0 Å². The van der Waals surface area contributed by atoms with Gasteiger partial charge in [-0.05, 0) is 38.1 Å². The molecule has 1 rings (SSSR count). The topological polar surface area (TPSA) is 32.3 Å². The second-order valence-electron chi connectivity index (χ2n) is 4.42. The van der Waals surface area contributed by atoms with Gasteiger partial charge >= 0.3 is 0 Å². The fraction of sp³-hybridized carbons (Fsp3) is 1.00. The lowest BCUT2D eigenvalue weighted by molar-refractivity contribution is 0.219. The molecule has 0 radical (unpaired) electrons. The lowest BCUT2D eigenvalue weighted by Gasteiger charge is -2.34. The van der Waals surface area contributed by atoms with Gasteiger partial charge in [-0.15, -0.1) is 0 Å². The van der Waals surface area contributed by atoms with E-state index in [0.717, 1.165) is 24.3 Å². The summed E-state index contributed by atoms with van der Waals surface area (Å²) in [5.74, 6) is 1.77. The molecule has 1 aliphatic rings. The minimum Gasteiger partial charge on any atom is -0.396 e. The zero-order chi connectivity index (χ0) is 11.0. The van der Waals surface area contributed by atoms with E-state index >= 15 is 0 Å². The number of nitrogens with one attached hydrogen (secondary N) is 1. The number of aliphatic hydroxyl groups excluding tert-OH is 1. The summed E-state index contributed by atoms with van der Waals surface area (Å²) >= 11 is 0. The average molecular weight is 201 g/mol. The van der Waals surface area contributed by atoms with Crippen molar-refractivity contribution in [3.63, 3.8) is 0 Å². The van der Waals surface area contributed by atoms with Crippen molar-refractivity contribution in [1.82, 2.24) is 5.32 Å². The van der Waals surface area contributed by atoms with Crippen LogP contribution >= 0.6 is 0 Å². The zero-order valence-corrected chi connectivity index (χ0v) is 10.2. The van der Waals surface area contributed by atoms with Crippen LogP contribution in [0.4, 0.5) is 0 Å². The molecule has 2 atom stereocenters. The van der Waals surface area contributed by atoms with Crippen LogP contribution in [-0.2, 0) is 0 Å². The first kappa shape index (κ1) is 13.9. The maximum Gasteiger partial charge on any atom is 0.0428 e. The highest BCUT2D eigenvalue weighted by atomic mass is 16.2. The van der Waals surface area contributed by atoms with Gasteiger partial charge in [-0.2, -0.15) is 0 Å². The first-order valence-electron chi connectivity index (χ1n) is 5.95. The van der Waals surface area contributed by atoms with E-state index in [2.05, 4.69) is 26.2 Å². The summed E-state index contributed by atoms with van der Waals surface area (Å²) in [5, 5.41) is 11.3. The summed E-state index contributed by atoms with van der Waals surface area (Å²) in [4.78, 5) is 0. The number of hydrogen-bond acceptors (Lipinski definition) is 2. The molecule has 0 saturated heterocycles. The van der Waals surface area contributed by atoms with Gasteiger partial charge in [0.1, 0.15) is 0 Å². The summed E-state index contributed by atoms with van der Waals surface area (Å²) in [6, 6.07) is 0.772. The van der Waals surface area contributed by atoms with E-state index in [9.17, 15) is 0 Å². The van der Waals surface area contributed by atoms with Crippen LogP contribution in [0.2, 0.25) is 0 Å². The lowest BCUT2D eigenvalue weighted by atomic mass is 9.79. The second kappa shape index (κ2) is 8.25. The third-order valence-corrected chi connectivity index (χ3v) is 3.10. The van der Waals surface area contributed by atoms with Gasteiger partial charge in [0.15, 0.2) is 0 Å². The van der Waals surface area contributed by atoms with Crippen molar-refractivity contribution in [2.24, 2.45) is 11.8 Å². The van der Waals surface area contributed by atoms with Gasteiger partial charge in [0.2, 0.25) is 0 Å². The lowest BCUT2D eigenvalue weighted by Crippen LogP contribution is -2.40. The minimum absolute atomic E-state index is 0.319. The molecule has 0 aliphatic heterocycles. The maximum absolute atomic E-state index is 7.88. The van der Waals surface area contributed by atoms with Crippen LogP contribution < -0.4 is 5.32 Å². The van der Waals surface area contributed by atoms with Crippen molar-refractivity contribution >= 4 is 0 Å². The average Bonchev–Trinajstić information content (AvgIpc) is 2.19. The Kier molecular flexibility index (Phi) is 8.20. The Balaban J connectivity index is 0.000000364. The Bertz CT molecular complexity index is 115. The molecule has 1 aliphatic carbocycles. The van der Waals surface area contributed by atoms with Crippen LogP contribution in [0.1, 0.15) is 46.5 Å². The summed E-state index contributed by atoms with van der Waals surface area (Å²) in [7, 11) is 2.09. The molecule has 2 heteroatoms. The molecule has 0 aromatic heterocycles. The van der Waals surface area contributed by atoms with Crippen molar-refractivity contribution < 1.29 is 5.11 Å². The van der Waals surface area contributed by atoms with Crippen LogP contribution in [0, 0.1) is 11.8 Å². The normalized spacial score (nSPS) is 31.9. The van der Waals surface area contributed by atoms with Gasteiger partial charge in [0.25, 0.3) is 0 Å². The molecular formula is C12H27NO. The van der Waals surface area contributed by atoms with E-state index in [4.69, 9.17) is 5.11 Å². The molecule has 0 aromatic rings. The highest BCUT2D eigenvalue weighted by Gasteiger charge is 2.25. The van der Waals surface area contributed by atoms with Gasteiger partial charge in [0, 0.05) is 12.6 Å². The predicted molar refractivity (Wildman–Crippen MR) is 62.4 cm³/mol. The Morgan fingerprint density at radius 2 is 1.64 bits per heavy atom. The summed E-state index contributed by atoms with van der Waals surface area (Å²) in [5.41, 5.74) is 0. The third kappa shape index (κ3) is 4.97.